The molecule has 1 aromatic rings. The molecule has 1 amide bonds. The van der Waals surface area contributed by atoms with Gasteiger partial charge in [-0.25, -0.2) is 16.8 Å². The summed E-state index contributed by atoms with van der Waals surface area (Å²) in [4.78, 5) is 23.9. The lowest BCUT2D eigenvalue weighted by molar-refractivity contribution is -0.384. The van der Waals surface area contributed by atoms with Crippen LogP contribution in [0.25, 0.3) is 0 Å². The van der Waals surface area contributed by atoms with Gasteiger partial charge in [0.05, 0.1) is 21.7 Å². The van der Waals surface area contributed by atoms with Crippen LogP contribution >= 0.6 is 0 Å². The lowest BCUT2D eigenvalue weighted by Crippen LogP contribution is -2.53. The van der Waals surface area contributed by atoms with Crippen LogP contribution in [0.15, 0.2) is 24.3 Å². The molecule has 0 spiro atoms. The summed E-state index contributed by atoms with van der Waals surface area (Å²) in [7, 11) is -7.03. The molecule has 0 aliphatic carbocycles. The molecule has 2 heterocycles. The maximum Gasteiger partial charge on any atom is 0.269 e. The Morgan fingerprint density at radius 1 is 1.17 bits per heavy atom. The molecule has 0 aromatic heterocycles. The van der Waals surface area contributed by atoms with Crippen molar-refractivity contribution in [2.24, 2.45) is 0 Å². The average molecular weight is 447 g/mol. The van der Waals surface area contributed by atoms with E-state index in [9.17, 15) is 31.7 Å². The summed E-state index contributed by atoms with van der Waals surface area (Å²) >= 11 is 0. The van der Waals surface area contributed by atoms with E-state index in [0.717, 1.165) is 0 Å². The summed E-state index contributed by atoms with van der Waals surface area (Å²) < 4.78 is 55.0. The number of nitro benzene ring substituents is 1. The largest absolute Gasteiger partial charge is 0.484 e. The average Bonchev–Trinajstić information content (AvgIpc) is 3.07. The van der Waals surface area contributed by atoms with Crippen molar-refractivity contribution in [3.05, 3.63) is 34.4 Å². The summed E-state index contributed by atoms with van der Waals surface area (Å²) in [6.45, 7) is 0.290. The van der Waals surface area contributed by atoms with Gasteiger partial charge in [-0.05, 0) is 18.6 Å². The fourth-order valence-corrected chi connectivity index (χ4v) is 7.81. The molecule has 0 radical (unpaired) electrons. The highest BCUT2D eigenvalue weighted by Crippen LogP contribution is 2.23. The third-order valence-corrected chi connectivity index (χ3v) is 9.28. The number of amides is 1. The minimum atomic E-state index is -3.72. The lowest BCUT2D eigenvalue weighted by atomic mass is 10.3. The highest BCUT2D eigenvalue weighted by molar-refractivity contribution is 7.95. The molecule has 0 bridgehead atoms. The molecule has 0 N–H and O–H groups in total. The zero-order valence-electron chi connectivity index (χ0n) is 15.5. The molecular weight excluding hydrogens is 426 g/mol. The van der Waals surface area contributed by atoms with E-state index in [4.69, 9.17) is 4.74 Å². The maximum absolute atomic E-state index is 12.6. The van der Waals surface area contributed by atoms with Crippen LogP contribution in [-0.4, -0.2) is 86.4 Å². The van der Waals surface area contributed by atoms with Crippen molar-refractivity contribution >= 4 is 31.5 Å². The van der Waals surface area contributed by atoms with Crippen LogP contribution in [0.1, 0.15) is 6.42 Å². The number of hydrogen-bond acceptors (Lipinski definition) is 8. The number of ether oxygens (including phenoxy) is 1. The summed E-state index contributed by atoms with van der Waals surface area (Å²) in [6, 6.07) is 5.33. The highest BCUT2D eigenvalue weighted by Gasteiger charge is 2.41. The van der Waals surface area contributed by atoms with Crippen molar-refractivity contribution in [3.8, 4) is 5.75 Å². The van der Waals surface area contributed by atoms with E-state index in [0.29, 0.717) is 5.75 Å². The van der Waals surface area contributed by atoms with Gasteiger partial charge in [0.15, 0.2) is 16.4 Å². The predicted molar refractivity (Wildman–Crippen MR) is 103 cm³/mol. The van der Waals surface area contributed by atoms with Gasteiger partial charge in [-0.2, -0.15) is 4.31 Å². The minimum Gasteiger partial charge on any atom is -0.484 e. The summed E-state index contributed by atoms with van der Waals surface area (Å²) in [6.07, 6.45) is 0.104. The number of nitro groups is 1. The Labute approximate surface area is 168 Å². The second-order valence-corrected chi connectivity index (χ2v) is 11.3. The van der Waals surface area contributed by atoms with Gasteiger partial charge in [0.25, 0.3) is 11.6 Å². The smallest absolute Gasteiger partial charge is 0.269 e. The van der Waals surface area contributed by atoms with Crippen molar-refractivity contribution in [1.82, 2.24) is 9.21 Å². The second-order valence-electron chi connectivity index (χ2n) is 6.89. The molecule has 1 aromatic carbocycles. The van der Waals surface area contributed by atoms with Gasteiger partial charge in [0.1, 0.15) is 5.75 Å². The van der Waals surface area contributed by atoms with Crippen LogP contribution < -0.4 is 4.74 Å². The van der Waals surface area contributed by atoms with Crippen LogP contribution in [0.3, 0.4) is 0 Å². The van der Waals surface area contributed by atoms with Crippen molar-refractivity contribution < 1.29 is 31.3 Å². The molecule has 3 rings (SSSR count). The maximum atomic E-state index is 12.6. The number of carbonyl (C=O) groups is 1. The summed E-state index contributed by atoms with van der Waals surface area (Å²) in [5.41, 5.74) is -0.0870. The number of sulfone groups is 1. The first-order valence-electron chi connectivity index (χ1n) is 8.93. The molecule has 13 heteroatoms. The molecule has 2 aliphatic heterocycles. The third-order valence-electron chi connectivity index (χ3n) is 4.97. The first-order chi connectivity index (χ1) is 13.6. The number of benzene rings is 1. The van der Waals surface area contributed by atoms with Gasteiger partial charge < -0.3 is 9.64 Å². The van der Waals surface area contributed by atoms with Gasteiger partial charge in [0, 0.05) is 38.3 Å². The normalized spacial score (nSPS) is 22.3. The first-order valence-corrected chi connectivity index (χ1v) is 12.3. The van der Waals surface area contributed by atoms with Crippen molar-refractivity contribution in [2.45, 2.75) is 11.7 Å². The Kier molecular flexibility index (Phi) is 6.10. The lowest BCUT2D eigenvalue weighted by Gasteiger charge is -2.35. The molecule has 2 fully saturated rings. The summed E-state index contributed by atoms with van der Waals surface area (Å²) in [5.74, 6) is -0.483. The van der Waals surface area contributed by atoms with Crippen LogP contribution in [0.5, 0.6) is 5.75 Å². The van der Waals surface area contributed by atoms with Crippen LogP contribution in [-0.2, 0) is 24.7 Å². The number of rotatable bonds is 6. The number of hydrogen-bond donors (Lipinski definition) is 0. The molecule has 2 aliphatic rings. The van der Waals surface area contributed by atoms with E-state index in [-0.39, 0.29) is 62.3 Å². The van der Waals surface area contributed by atoms with E-state index < -0.39 is 30.0 Å². The second kappa shape index (κ2) is 8.24. The molecule has 29 heavy (non-hydrogen) atoms. The van der Waals surface area contributed by atoms with E-state index in [1.807, 2.05) is 0 Å². The van der Waals surface area contributed by atoms with E-state index >= 15 is 0 Å². The number of piperazine rings is 1. The topological polar surface area (TPSA) is 144 Å². The Hall–Kier alpha value is -2.25. The number of nitrogens with zero attached hydrogens (tertiary/aromatic N) is 3. The Morgan fingerprint density at radius 3 is 2.31 bits per heavy atom. The van der Waals surface area contributed by atoms with Crippen LogP contribution in [0.4, 0.5) is 5.69 Å². The Bertz CT molecular complexity index is 983. The number of non-ortho nitro benzene ring substituents is 1. The molecule has 1 atom stereocenters. The predicted octanol–water partition coefficient (Wildman–Crippen LogP) is -0.365. The van der Waals surface area contributed by atoms with Gasteiger partial charge in [-0.3, -0.25) is 14.9 Å². The zero-order valence-corrected chi connectivity index (χ0v) is 17.1. The van der Waals surface area contributed by atoms with Gasteiger partial charge in [-0.1, -0.05) is 0 Å². The third kappa shape index (κ3) is 5.03. The quantitative estimate of drug-likeness (QED) is 0.424. The van der Waals surface area contributed by atoms with Crippen LogP contribution in [0, 0.1) is 10.1 Å². The van der Waals surface area contributed by atoms with Gasteiger partial charge >= 0.3 is 0 Å². The standard InChI is InChI=1S/C16H21N3O8S2/c20-16(11-27-14-3-1-13(2-4-14)19(21)22)17-6-8-18(9-7-17)29(25,26)15-5-10-28(23,24)12-15/h1-4,15H,5-12H2. The van der Waals surface area contributed by atoms with Crippen LogP contribution in [0.2, 0.25) is 0 Å². The Balaban J connectivity index is 1.50. The number of sulfonamides is 1. The summed E-state index contributed by atoms with van der Waals surface area (Å²) in [5, 5.41) is 9.71. The molecule has 0 saturated carbocycles. The molecular formula is C16H21N3O8S2. The molecule has 160 valence electrons. The van der Waals surface area contributed by atoms with Gasteiger partial charge in [0.2, 0.25) is 10.0 Å². The van der Waals surface area contributed by atoms with E-state index in [1.54, 1.807) is 0 Å². The Morgan fingerprint density at radius 2 is 1.79 bits per heavy atom. The number of carbonyl (C=O) groups excluding carboxylic acids is 1. The highest BCUT2D eigenvalue weighted by atomic mass is 32.2. The van der Waals surface area contributed by atoms with Crippen molar-refractivity contribution in [1.29, 1.82) is 0 Å². The SMILES string of the molecule is O=C(COc1ccc([N+](=O)[O-])cc1)N1CCN(S(=O)(=O)C2CCS(=O)(=O)C2)CC1. The monoisotopic (exact) mass is 447 g/mol. The van der Waals surface area contributed by atoms with Gasteiger partial charge in [-0.15, -0.1) is 0 Å². The molecule has 11 nitrogen and oxygen atoms in total. The zero-order chi connectivity index (χ0) is 21.2. The minimum absolute atomic E-state index is 0.0870. The first kappa shape index (κ1) is 21.5. The van der Waals surface area contributed by atoms with Crippen molar-refractivity contribution in [2.75, 3.05) is 44.3 Å². The fourth-order valence-electron chi connectivity index (χ4n) is 3.30. The molecule has 2 saturated heterocycles. The van der Waals surface area contributed by atoms with E-state index in [1.165, 1.54) is 33.5 Å². The van der Waals surface area contributed by atoms with Crippen molar-refractivity contribution in [3.63, 3.8) is 0 Å². The molecule has 1 unspecified atom stereocenters. The van der Waals surface area contributed by atoms with E-state index in [2.05, 4.69) is 0 Å². The fraction of sp³-hybridized carbons (Fsp3) is 0.562.